The number of para-hydroxylation sites is 1. The molecule has 2 N–H and O–H groups in total. The highest BCUT2D eigenvalue weighted by Gasteiger charge is 2.29. The minimum absolute atomic E-state index is 0.323. The third-order valence-corrected chi connectivity index (χ3v) is 4.75. The molecule has 3 rings (SSSR count). The van der Waals surface area contributed by atoms with Crippen LogP contribution in [0.2, 0.25) is 0 Å². The Kier molecular flexibility index (Phi) is 3.81. The first kappa shape index (κ1) is 13.7. The van der Waals surface area contributed by atoms with E-state index < -0.39 is 0 Å². The molecule has 3 unspecified atom stereocenters. The molecule has 0 spiro atoms. The van der Waals surface area contributed by atoms with Crippen molar-refractivity contribution in [3.8, 4) is 0 Å². The Morgan fingerprint density at radius 2 is 2.20 bits per heavy atom. The smallest absolute Gasteiger partial charge is 0.134 e. The topological polar surface area (TPSA) is 42.4 Å². The molecule has 1 aromatic carbocycles. The summed E-state index contributed by atoms with van der Waals surface area (Å²) in [6, 6.07) is 11.1. The van der Waals surface area contributed by atoms with E-state index in [0.717, 1.165) is 37.3 Å². The van der Waals surface area contributed by atoms with Crippen molar-refractivity contribution in [1.82, 2.24) is 4.90 Å². The average Bonchev–Trinajstić information content (AvgIpc) is 2.91. The molecule has 0 amide bonds. The molecule has 1 aliphatic rings. The van der Waals surface area contributed by atoms with Crippen molar-refractivity contribution in [3.05, 3.63) is 36.1 Å². The number of hydrogen-bond donors (Lipinski definition) is 1. The number of fused-ring (bicyclic) bond motifs is 1. The molecule has 20 heavy (non-hydrogen) atoms. The highest BCUT2D eigenvalue weighted by Crippen LogP contribution is 2.30. The van der Waals surface area contributed by atoms with Gasteiger partial charge in [0, 0.05) is 24.5 Å². The fourth-order valence-electron chi connectivity index (χ4n) is 3.25. The monoisotopic (exact) mass is 272 g/mol. The van der Waals surface area contributed by atoms with Crippen LogP contribution in [0.1, 0.15) is 38.5 Å². The van der Waals surface area contributed by atoms with Crippen molar-refractivity contribution in [3.63, 3.8) is 0 Å². The van der Waals surface area contributed by atoms with E-state index in [0.29, 0.717) is 18.0 Å². The highest BCUT2D eigenvalue weighted by atomic mass is 16.3. The number of piperidine rings is 1. The van der Waals surface area contributed by atoms with E-state index >= 15 is 0 Å². The normalized spacial score (nSPS) is 25.9. The number of hydrogen-bond acceptors (Lipinski definition) is 3. The molecule has 1 fully saturated rings. The van der Waals surface area contributed by atoms with Crippen molar-refractivity contribution in [2.24, 2.45) is 11.7 Å². The molecule has 0 saturated carbocycles. The maximum absolute atomic E-state index is 6.20. The predicted molar refractivity (Wildman–Crippen MR) is 82.6 cm³/mol. The van der Waals surface area contributed by atoms with Gasteiger partial charge in [-0.15, -0.1) is 0 Å². The van der Waals surface area contributed by atoms with Gasteiger partial charge in [0.1, 0.15) is 11.3 Å². The zero-order valence-electron chi connectivity index (χ0n) is 12.4. The quantitative estimate of drug-likeness (QED) is 0.929. The van der Waals surface area contributed by atoms with Gasteiger partial charge < -0.3 is 10.2 Å². The van der Waals surface area contributed by atoms with Crippen LogP contribution in [0.25, 0.3) is 11.0 Å². The maximum Gasteiger partial charge on any atom is 0.134 e. The molecule has 2 aromatic rings. The third kappa shape index (κ3) is 2.48. The van der Waals surface area contributed by atoms with Crippen LogP contribution in [0.5, 0.6) is 0 Å². The Morgan fingerprint density at radius 3 is 2.95 bits per heavy atom. The highest BCUT2D eigenvalue weighted by molar-refractivity contribution is 5.77. The van der Waals surface area contributed by atoms with Gasteiger partial charge in [-0.3, -0.25) is 4.90 Å². The molecule has 1 saturated heterocycles. The minimum Gasteiger partial charge on any atom is -0.459 e. The zero-order valence-corrected chi connectivity index (χ0v) is 12.4. The van der Waals surface area contributed by atoms with E-state index in [-0.39, 0.29) is 0 Å². The summed E-state index contributed by atoms with van der Waals surface area (Å²) in [4.78, 5) is 2.51. The van der Waals surface area contributed by atoms with Gasteiger partial charge in [-0.1, -0.05) is 31.5 Å². The van der Waals surface area contributed by atoms with Crippen LogP contribution < -0.4 is 5.73 Å². The fourth-order valence-corrected chi connectivity index (χ4v) is 3.25. The van der Waals surface area contributed by atoms with Crippen molar-refractivity contribution in [1.29, 1.82) is 0 Å². The summed E-state index contributed by atoms with van der Waals surface area (Å²) >= 11 is 0. The summed E-state index contributed by atoms with van der Waals surface area (Å²) in [6.45, 7) is 6.62. The largest absolute Gasteiger partial charge is 0.459 e. The van der Waals surface area contributed by atoms with Gasteiger partial charge in [-0.2, -0.15) is 0 Å². The number of benzene rings is 1. The minimum atomic E-state index is 0.323. The number of nitrogens with two attached hydrogens (primary N) is 1. The van der Waals surface area contributed by atoms with Crippen molar-refractivity contribution < 1.29 is 4.42 Å². The molecule has 0 bridgehead atoms. The van der Waals surface area contributed by atoms with Crippen molar-refractivity contribution in [2.75, 3.05) is 13.1 Å². The molecule has 3 nitrogen and oxygen atoms in total. The van der Waals surface area contributed by atoms with Crippen LogP contribution in [0.15, 0.2) is 34.7 Å². The molecule has 0 radical (unpaired) electrons. The van der Waals surface area contributed by atoms with Crippen LogP contribution in [0.4, 0.5) is 0 Å². The van der Waals surface area contributed by atoms with Gasteiger partial charge in [0.2, 0.25) is 0 Å². The molecule has 1 aliphatic heterocycles. The second-order valence-electron chi connectivity index (χ2n) is 5.98. The number of likely N-dealkylation sites (tertiary alicyclic amines) is 1. The Bertz CT molecular complexity index is 544. The lowest BCUT2D eigenvalue weighted by Gasteiger charge is -2.39. The summed E-state index contributed by atoms with van der Waals surface area (Å²) in [6.07, 6.45) is 2.24. The van der Waals surface area contributed by atoms with Gasteiger partial charge in [-0.25, -0.2) is 0 Å². The van der Waals surface area contributed by atoms with Crippen LogP contribution in [-0.4, -0.2) is 24.0 Å². The summed E-state index contributed by atoms with van der Waals surface area (Å²) in [5, 5.41) is 1.19. The Balaban J connectivity index is 1.79. The van der Waals surface area contributed by atoms with Crippen LogP contribution >= 0.6 is 0 Å². The summed E-state index contributed by atoms with van der Waals surface area (Å²) in [7, 11) is 0. The Labute approximate surface area is 120 Å². The van der Waals surface area contributed by atoms with E-state index in [9.17, 15) is 0 Å². The second-order valence-corrected chi connectivity index (χ2v) is 5.98. The summed E-state index contributed by atoms with van der Waals surface area (Å²) in [5.74, 6) is 1.67. The lowest BCUT2D eigenvalue weighted by molar-refractivity contribution is 0.104. The standard InChI is InChI=1S/C17H24N2O/c1-3-13-11-19(9-8-15(13)18)12(2)17-10-14-6-4-5-7-16(14)20-17/h4-7,10,12-13,15H,3,8-9,11,18H2,1-2H3. The first-order chi connectivity index (χ1) is 9.69. The van der Waals surface area contributed by atoms with Gasteiger partial charge in [0.05, 0.1) is 6.04 Å². The van der Waals surface area contributed by atoms with E-state index in [2.05, 4.69) is 36.9 Å². The molecule has 0 aliphatic carbocycles. The molecule has 3 heteroatoms. The van der Waals surface area contributed by atoms with Gasteiger partial charge in [-0.05, 0) is 31.4 Å². The van der Waals surface area contributed by atoms with E-state index in [1.807, 2.05) is 12.1 Å². The van der Waals surface area contributed by atoms with Gasteiger partial charge in [0.15, 0.2) is 0 Å². The van der Waals surface area contributed by atoms with Crippen LogP contribution in [-0.2, 0) is 0 Å². The Hall–Kier alpha value is -1.32. The Morgan fingerprint density at radius 1 is 1.40 bits per heavy atom. The van der Waals surface area contributed by atoms with E-state index in [1.165, 1.54) is 5.39 Å². The summed E-state index contributed by atoms with van der Waals surface area (Å²) < 4.78 is 6.01. The van der Waals surface area contributed by atoms with Gasteiger partial charge >= 0.3 is 0 Å². The van der Waals surface area contributed by atoms with Crippen molar-refractivity contribution >= 4 is 11.0 Å². The second kappa shape index (κ2) is 5.58. The van der Waals surface area contributed by atoms with E-state index in [1.54, 1.807) is 0 Å². The number of rotatable bonds is 3. The lowest BCUT2D eigenvalue weighted by atomic mass is 9.90. The van der Waals surface area contributed by atoms with Crippen LogP contribution in [0.3, 0.4) is 0 Å². The fraction of sp³-hybridized carbons (Fsp3) is 0.529. The molecule has 3 atom stereocenters. The number of furan rings is 1. The van der Waals surface area contributed by atoms with Gasteiger partial charge in [0.25, 0.3) is 0 Å². The molecular formula is C17H24N2O. The first-order valence-electron chi connectivity index (χ1n) is 7.67. The zero-order chi connectivity index (χ0) is 14.1. The summed E-state index contributed by atoms with van der Waals surface area (Å²) in [5.41, 5.74) is 7.18. The predicted octanol–water partition coefficient (Wildman–Crippen LogP) is 3.55. The average molecular weight is 272 g/mol. The molecular weight excluding hydrogens is 248 g/mol. The van der Waals surface area contributed by atoms with Crippen LogP contribution in [0, 0.1) is 5.92 Å². The molecule has 2 heterocycles. The molecule has 1 aromatic heterocycles. The third-order valence-electron chi connectivity index (χ3n) is 4.75. The number of nitrogens with zero attached hydrogens (tertiary/aromatic N) is 1. The van der Waals surface area contributed by atoms with E-state index in [4.69, 9.17) is 10.2 Å². The maximum atomic E-state index is 6.20. The molecule has 108 valence electrons. The SMILES string of the molecule is CCC1CN(C(C)c2cc3ccccc3o2)CCC1N. The lowest BCUT2D eigenvalue weighted by Crippen LogP contribution is -2.47. The van der Waals surface area contributed by atoms with Crippen molar-refractivity contribution in [2.45, 2.75) is 38.8 Å². The first-order valence-corrected chi connectivity index (χ1v) is 7.67.